The number of ether oxygens (including phenoxy) is 1. The van der Waals surface area contributed by atoms with Crippen molar-refractivity contribution < 1.29 is 9.13 Å². The molecule has 0 radical (unpaired) electrons. The highest BCUT2D eigenvalue weighted by atomic mass is 19.1. The van der Waals surface area contributed by atoms with Crippen LogP contribution in [0.25, 0.3) is 11.1 Å². The van der Waals surface area contributed by atoms with Gasteiger partial charge in [-0.1, -0.05) is 128 Å². The highest BCUT2D eigenvalue weighted by molar-refractivity contribution is 5.77. The first-order valence-electron chi connectivity index (χ1n) is 17.0. The molecule has 1 aliphatic carbocycles. The molecule has 2 nitrogen and oxygen atoms in total. The van der Waals surface area contributed by atoms with E-state index in [2.05, 4.69) is 32.0 Å². The molecule has 3 rings (SSSR count). The van der Waals surface area contributed by atoms with Crippen molar-refractivity contribution in [2.24, 2.45) is 5.92 Å². The van der Waals surface area contributed by atoms with Crippen LogP contribution in [0.4, 0.5) is 4.39 Å². The van der Waals surface area contributed by atoms with Crippen molar-refractivity contribution in [3.8, 4) is 22.9 Å². The van der Waals surface area contributed by atoms with Crippen molar-refractivity contribution in [1.29, 1.82) is 5.26 Å². The molecule has 226 valence electrons. The van der Waals surface area contributed by atoms with Gasteiger partial charge in [0.2, 0.25) is 0 Å². The number of nitrogens with zero attached hydrogens (tertiary/aromatic N) is 1. The highest BCUT2D eigenvalue weighted by Crippen LogP contribution is 2.41. The van der Waals surface area contributed by atoms with Crippen LogP contribution in [0, 0.1) is 23.1 Å². The average molecular weight is 562 g/mol. The lowest BCUT2D eigenvalue weighted by Crippen LogP contribution is -2.13. The standard InChI is InChI=1S/C38H56FNO/c1-4-6-8-10-12-13-14-16-18-30-20-22-31(23-21-30)33-25-26-35(34(28-33)29-40)36-27-24-32(37(39)38(36)41-3)19-17-15-11-9-7-5-2/h24-28,30-31H,4-23H2,1-3H3. The number of methoxy groups -OCH3 is 1. The first kappa shape index (κ1) is 33.2. The molecule has 0 spiro atoms. The molecule has 41 heavy (non-hydrogen) atoms. The number of rotatable bonds is 19. The summed E-state index contributed by atoms with van der Waals surface area (Å²) in [5, 5.41) is 10.1. The molecule has 0 aliphatic heterocycles. The predicted octanol–water partition coefficient (Wildman–Crippen LogP) is 12.1. The second-order valence-electron chi connectivity index (χ2n) is 12.5. The van der Waals surface area contributed by atoms with Crippen LogP contribution in [-0.4, -0.2) is 7.11 Å². The van der Waals surface area contributed by atoms with Gasteiger partial charge in [-0.2, -0.15) is 5.26 Å². The SMILES string of the molecule is CCCCCCCCCCC1CCC(c2ccc(-c3ccc(CCCCCCCC)c(F)c3OC)c(C#N)c2)CC1. The Morgan fingerprint density at radius 3 is 1.95 bits per heavy atom. The molecule has 1 aliphatic rings. The molecule has 0 heterocycles. The van der Waals surface area contributed by atoms with Crippen molar-refractivity contribution in [3.05, 3.63) is 52.8 Å². The molecule has 2 aromatic rings. The van der Waals surface area contributed by atoms with Gasteiger partial charge in [0.15, 0.2) is 11.6 Å². The van der Waals surface area contributed by atoms with Crippen LogP contribution in [-0.2, 0) is 6.42 Å². The number of hydrogen-bond acceptors (Lipinski definition) is 2. The molecule has 1 saturated carbocycles. The van der Waals surface area contributed by atoms with Crippen molar-refractivity contribution in [3.63, 3.8) is 0 Å². The first-order chi connectivity index (χ1) is 20.1. The largest absolute Gasteiger partial charge is 0.493 e. The van der Waals surface area contributed by atoms with Gasteiger partial charge in [-0.15, -0.1) is 0 Å². The molecule has 3 heteroatoms. The Balaban J connectivity index is 1.55. The zero-order chi connectivity index (χ0) is 29.3. The van der Waals surface area contributed by atoms with E-state index >= 15 is 4.39 Å². The van der Waals surface area contributed by atoms with Crippen LogP contribution >= 0.6 is 0 Å². The Bertz CT molecular complexity index is 1060. The fourth-order valence-corrected chi connectivity index (χ4v) is 6.79. The summed E-state index contributed by atoms with van der Waals surface area (Å²) < 4.78 is 21.1. The van der Waals surface area contributed by atoms with Crippen molar-refractivity contribution in [1.82, 2.24) is 0 Å². The van der Waals surface area contributed by atoms with Crippen LogP contribution in [0.5, 0.6) is 5.75 Å². The zero-order valence-electron chi connectivity index (χ0n) is 26.4. The van der Waals surface area contributed by atoms with Crippen LogP contribution in [0.15, 0.2) is 30.3 Å². The Morgan fingerprint density at radius 1 is 0.756 bits per heavy atom. The highest BCUT2D eigenvalue weighted by Gasteiger charge is 2.24. The predicted molar refractivity (Wildman–Crippen MR) is 172 cm³/mol. The van der Waals surface area contributed by atoms with E-state index in [1.807, 2.05) is 18.2 Å². The fourth-order valence-electron chi connectivity index (χ4n) is 6.79. The molecule has 0 N–H and O–H groups in total. The molecule has 0 unspecified atom stereocenters. The normalized spacial score (nSPS) is 17.0. The van der Waals surface area contributed by atoms with Gasteiger partial charge in [-0.25, -0.2) is 4.39 Å². The first-order valence-corrected chi connectivity index (χ1v) is 17.0. The van der Waals surface area contributed by atoms with Gasteiger partial charge >= 0.3 is 0 Å². The maximum absolute atomic E-state index is 15.5. The van der Waals surface area contributed by atoms with Gasteiger partial charge < -0.3 is 4.74 Å². The quantitative estimate of drug-likeness (QED) is 0.160. The number of nitriles is 1. The lowest BCUT2D eigenvalue weighted by Gasteiger charge is -2.29. The van der Waals surface area contributed by atoms with Crippen molar-refractivity contribution in [2.45, 2.75) is 148 Å². The van der Waals surface area contributed by atoms with E-state index in [0.29, 0.717) is 22.6 Å². The van der Waals surface area contributed by atoms with Gasteiger partial charge in [-0.3, -0.25) is 0 Å². The second kappa shape index (κ2) is 19.0. The Kier molecular flexibility index (Phi) is 15.3. The minimum absolute atomic E-state index is 0.263. The van der Waals surface area contributed by atoms with E-state index in [1.165, 1.54) is 122 Å². The van der Waals surface area contributed by atoms with Crippen molar-refractivity contribution in [2.75, 3.05) is 7.11 Å². The van der Waals surface area contributed by atoms with Crippen LogP contribution in [0.1, 0.15) is 158 Å². The third kappa shape index (κ3) is 10.5. The molecular weight excluding hydrogens is 505 g/mol. The van der Waals surface area contributed by atoms with Gasteiger partial charge in [0.1, 0.15) is 0 Å². The minimum atomic E-state index is -0.277. The van der Waals surface area contributed by atoms with Gasteiger partial charge in [0, 0.05) is 11.1 Å². The number of halogens is 1. The third-order valence-electron chi connectivity index (χ3n) is 9.42. The molecule has 1 fully saturated rings. The van der Waals surface area contributed by atoms with Gasteiger partial charge in [-0.05, 0) is 67.6 Å². The van der Waals surface area contributed by atoms with E-state index in [4.69, 9.17) is 4.74 Å². The second-order valence-corrected chi connectivity index (χ2v) is 12.5. The topological polar surface area (TPSA) is 33.0 Å². The number of aryl methyl sites for hydroxylation is 1. The van der Waals surface area contributed by atoms with E-state index in [0.717, 1.165) is 30.7 Å². The van der Waals surface area contributed by atoms with E-state index in [-0.39, 0.29) is 11.6 Å². The third-order valence-corrected chi connectivity index (χ3v) is 9.42. The summed E-state index contributed by atoms with van der Waals surface area (Å²) in [7, 11) is 1.53. The molecule has 0 amide bonds. The summed E-state index contributed by atoms with van der Waals surface area (Å²) in [6.45, 7) is 4.50. The van der Waals surface area contributed by atoms with E-state index in [1.54, 1.807) is 0 Å². The van der Waals surface area contributed by atoms with Crippen molar-refractivity contribution >= 4 is 0 Å². The van der Waals surface area contributed by atoms with E-state index < -0.39 is 0 Å². The van der Waals surface area contributed by atoms with E-state index in [9.17, 15) is 5.26 Å². The van der Waals surface area contributed by atoms with Crippen LogP contribution in [0.2, 0.25) is 0 Å². The maximum Gasteiger partial charge on any atom is 0.168 e. The summed E-state index contributed by atoms with van der Waals surface area (Å²) in [6.07, 6.45) is 25.3. The summed E-state index contributed by atoms with van der Waals surface area (Å²) in [4.78, 5) is 0. The fraction of sp³-hybridized carbons (Fsp3) is 0.658. The lowest BCUT2D eigenvalue weighted by atomic mass is 9.76. The molecule has 0 bridgehead atoms. The van der Waals surface area contributed by atoms with Crippen LogP contribution < -0.4 is 4.74 Å². The minimum Gasteiger partial charge on any atom is -0.493 e. The zero-order valence-corrected chi connectivity index (χ0v) is 26.4. The Hall–Kier alpha value is -2.34. The van der Waals surface area contributed by atoms with Gasteiger partial charge in [0.25, 0.3) is 0 Å². The number of benzene rings is 2. The van der Waals surface area contributed by atoms with Gasteiger partial charge in [0.05, 0.1) is 18.7 Å². The summed E-state index contributed by atoms with van der Waals surface area (Å²) in [6, 6.07) is 12.5. The average Bonchev–Trinajstić information content (AvgIpc) is 3.00. The summed E-state index contributed by atoms with van der Waals surface area (Å²) >= 11 is 0. The number of unbranched alkanes of at least 4 members (excludes halogenated alkanes) is 12. The molecular formula is C38H56FNO. The molecule has 0 atom stereocenters. The monoisotopic (exact) mass is 561 g/mol. The Morgan fingerprint density at radius 2 is 1.34 bits per heavy atom. The summed E-state index contributed by atoms with van der Waals surface area (Å²) in [5.41, 5.74) is 4.02. The molecule has 0 saturated heterocycles. The molecule has 2 aromatic carbocycles. The maximum atomic E-state index is 15.5. The molecule has 0 aromatic heterocycles. The van der Waals surface area contributed by atoms with Crippen LogP contribution in [0.3, 0.4) is 0 Å². The lowest BCUT2D eigenvalue weighted by molar-refractivity contribution is 0.301. The Labute approximate surface area is 251 Å². The smallest absolute Gasteiger partial charge is 0.168 e. The summed E-state index contributed by atoms with van der Waals surface area (Å²) in [5.74, 6) is 1.37. The number of hydrogen-bond donors (Lipinski definition) is 0.